The SMILES string of the molecule is C[Si](C)(C)CCOCOn1c(=O)sc2cc(-c3c(-c4ccc(F)cc4)ccn4nc(C(F)(F)F)nc34)ccc21. The number of hydrogen-bond acceptors (Lipinski definition) is 6. The Morgan fingerprint density at radius 3 is 2.44 bits per heavy atom. The van der Waals surface area contributed by atoms with Crippen molar-refractivity contribution in [3.05, 3.63) is 76.0 Å². The second kappa shape index (κ2) is 10.2. The monoisotopic (exact) mass is 576 g/mol. The van der Waals surface area contributed by atoms with Crippen molar-refractivity contribution < 1.29 is 27.1 Å². The molecule has 0 bridgehead atoms. The zero-order chi connectivity index (χ0) is 27.9. The lowest BCUT2D eigenvalue weighted by Gasteiger charge is -2.15. The summed E-state index contributed by atoms with van der Waals surface area (Å²) < 4.78 is 62.3. The Balaban J connectivity index is 1.57. The van der Waals surface area contributed by atoms with E-state index in [0.29, 0.717) is 39.1 Å². The minimum absolute atomic E-state index is 0.0256. The molecule has 2 aromatic carbocycles. The van der Waals surface area contributed by atoms with Crippen molar-refractivity contribution in [2.75, 3.05) is 13.4 Å². The molecule has 5 aromatic rings. The molecule has 0 fully saturated rings. The minimum Gasteiger partial charge on any atom is -0.381 e. The van der Waals surface area contributed by atoms with Gasteiger partial charge in [0.2, 0.25) is 6.79 Å². The third-order valence-corrected chi connectivity index (χ3v) is 8.60. The lowest BCUT2D eigenvalue weighted by Crippen LogP contribution is -2.26. The Labute approximate surface area is 225 Å². The van der Waals surface area contributed by atoms with E-state index in [1.54, 1.807) is 24.3 Å². The van der Waals surface area contributed by atoms with Crippen molar-refractivity contribution in [2.24, 2.45) is 0 Å². The molecule has 0 spiro atoms. The molecular weight excluding hydrogens is 552 g/mol. The summed E-state index contributed by atoms with van der Waals surface area (Å²) in [4.78, 5) is 21.7. The summed E-state index contributed by atoms with van der Waals surface area (Å²) in [6.45, 7) is 7.14. The molecule has 0 saturated carbocycles. The molecule has 3 aromatic heterocycles. The summed E-state index contributed by atoms with van der Waals surface area (Å²) in [6.07, 6.45) is -3.36. The van der Waals surface area contributed by atoms with Crippen molar-refractivity contribution in [3.8, 4) is 22.3 Å². The Morgan fingerprint density at radius 2 is 1.74 bits per heavy atom. The quantitative estimate of drug-likeness (QED) is 0.0934. The van der Waals surface area contributed by atoms with E-state index < -0.39 is 25.9 Å². The molecule has 0 saturated heterocycles. The van der Waals surface area contributed by atoms with E-state index in [-0.39, 0.29) is 17.3 Å². The first-order valence-electron chi connectivity index (χ1n) is 12.0. The maximum absolute atomic E-state index is 13.6. The van der Waals surface area contributed by atoms with Gasteiger partial charge < -0.3 is 9.57 Å². The second-order valence-electron chi connectivity index (χ2n) is 10.1. The van der Waals surface area contributed by atoms with Gasteiger partial charge in [0.05, 0.1) is 4.70 Å². The Hall–Kier alpha value is -3.55. The molecule has 0 aliphatic heterocycles. The molecule has 0 aliphatic carbocycles. The predicted octanol–water partition coefficient (Wildman–Crippen LogP) is 6.34. The average Bonchev–Trinajstić information content (AvgIpc) is 3.43. The summed E-state index contributed by atoms with van der Waals surface area (Å²) >= 11 is 0.935. The van der Waals surface area contributed by atoms with Crippen molar-refractivity contribution >= 4 is 35.3 Å². The van der Waals surface area contributed by atoms with Gasteiger partial charge in [0, 0.05) is 26.4 Å². The van der Waals surface area contributed by atoms with E-state index in [2.05, 4.69) is 29.7 Å². The number of fused-ring (bicyclic) bond motifs is 2. The van der Waals surface area contributed by atoms with Crippen LogP contribution in [-0.2, 0) is 10.9 Å². The number of hydrogen-bond donors (Lipinski definition) is 0. The minimum atomic E-state index is -4.74. The number of nitrogens with zero attached hydrogens (tertiary/aromatic N) is 4. The van der Waals surface area contributed by atoms with Crippen molar-refractivity contribution in [1.82, 2.24) is 19.3 Å². The number of pyridine rings is 1. The third kappa shape index (κ3) is 5.75. The molecule has 0 aliphatic rings. The Morgan fingerprint density at radius 1 is 1.03 bits per heavy atom. The van der Waals surface area contributed by atoms with Crippen LogP contribution in [0.1, 0.15) is 5.82 Å². The van der Waals surface area contributed by atoms with E-state index in [1.165, 1.54) is 30.5 Å². The molecule has 0 radical (unpaired) electrons. The standard InChI is InChI=1S/C26H24F4N4O3SSi/c1-39(2,3)13-12-36-15-37-34-20-9-6-17(14-21(20)38-25(34)35)22-19(16-4-7-18(27)8-5-16)10-11-33-23(22)31-24(32-33)26(28,29)30/h4-11,14H,12-13,15H2,1-3H3. The largest absolute Gasteiger partial charge is 0.453 e. The second-order valence-corrected chi connectivity index (χ2v) is 16.7. The lowest BCUT2D eigenvalue weighted by atomic mass is 9.96. The summed E-state index contributed by atoms with van der Waals surface area (Å²) in [7, 11) is -1.27. The molecule has 3 heterocycles. The van der Waals surface area contributed by atoms with Gasteiger partial charge in [0.15, 0.2) is 5.65 Å². The van der Waals surface area contributed by atoms with E-state index in [4.69, 9.17) is 9.57 Å². The average molecular weight is 577 g/mol. The van der Waals surface area contributed by atoms with Crippen molar-refractivity contribution in [2.45, 2.75) is 31.9 Å². The van der Waals surface area contributed by atoms with Crippen LogP contribution in [0.2, 0.25) is 25.7 Å². The Kier molecular flexibility index (Phi) is 7.07. The van der Waals surface area contributed by atoms with Crippen LogP contribution in [0.15, 0.2) is 59.5 Å². The first-order valence-corrected chi connectivity index (χ1v) is 16.5. The van der Waals surface area contributed by atoms with E-state index in [1.807, 2.05) is 0 Å². The van der Waals surface area contributed by atoms with Gasteiger partial charge in [-0.15, -0.1) is 9.83 Å². The molecule has 39 heavy (non-hydrogen) atoms. The molecule has 7 nitrogen and oxygen atoms in total. The number of benzene rings is 2. The van der Waals surface area contributed by atoms with Crippen LogP contribution in [-0.4, -0.2) is 40.8 Å². The Bertz CT molecular complexity index is 1710. The van der Waals surface area contributed by atoms with Crippen LogP contribution in [0.3, 0.4) is 0 Å². The highest BCUT2D eigenvalue weighted by molar-refractivity contribution is 7.16. The van der Waals surface area contributed by atoms with Crippen LogP contribution in [0.4, 0.5) is 17.6 Å². The highest BCUT2D eigenvalue weighted by Crippen LogP contribution is 2.38. The maximum Gasteiger partial charge on any atom is 0.453 e. The third-order valence-electron chi connectivity index (χ3n) is 6.01. The summed E-state index contributed by atoms with van der Waals surface area (Å²) in [6, 6.07) is 13.2. The van der Waals surface area contributed by atoms with Gasteiger partial charge in [-0.3, -0.25) is 4.79 Å². The van der Waals surface area contributed by atoms with Gasteiger partial charge in [0.1, 0.15) is 11.3 Å². The summed E-state index contributed by atoms with van der Waals surface area (Å²) in [5, 5.41) is 3.60. The molecule has 204 valence electrons. The van der Waals surface area contributed by atoms with Crippen LogP contribution in [0, 0.1) is 5.82 Å². The van der Waals surface area contributed by atoms with E-state index in [0.717, 1.165) is 26.6 Å². The van der Waals surface area contributed by atoms with Crippen LogP contribution >= 0.6 is 11.3 Å². The first kappa shape index (κ1) is 27.0. The van der Waals surface area contributed by atoms with Gasteiger partial charge in [0.25, 0.3) is 5.82 Å². The van der Waals surface area contributed by atoms with E-state index >= 15 is 0 Å². The fourth-order valence-electron chi connectivity index (χ4n) is 4.02. The first-order chi connectivity index (χ1) is 18.4. The van der Waals surface area contributed by atoms with Crippen LogP contribution < -0.4 is 9.71 Å². The highest BCUT2D eigenvalue weighted by Gasteiger charge is 2.37. The molecule has 0 N–H and O–H groups in total. The van der Waals surface area contributed by atoms with Crippen molar-refractivity contribution in [1.29, 1.82) is 0 Å². The predicted molar refractivity (Wildman–Crippen MR) is 144 cm³/mol. The zero-order valence-electron chi connectivity index (χ0n) is 21.3. The molecule has 0 amide bonds. The number of alkyl halides is 3. The number of aromatic nitrogens is 4. The molecule has 5 rings (SSSR count). The summed E-state index contributed by atoms with van der Waals surface area (Å²) in [5.74, 6) is -1.72. The van der Waals surface area contributed by atoms with Crippen LogP contribution in [0.5, 0.6) is 0 Å². The fourth-order valence-corrected chi connectivity index (χ4v) is 5.64. The van der Waals surface area contributed by atoms with E-state index in [9.17, 15) is 22.4 Å². The molecule has 0 atom stereocenters. The number of rotatable bonds is 8. The number of thiazole rings is 1. The van der Waals surface area contributed by atoms with Gasteiger partial charge in [-0.25, -0.2) is 13.9 Å². The normalized spacial score (nSPS) is 12.5. The highest BCUT2D eigenvalue weighted by atomic mass is 32.1. The van der Waals surface area contributed by atoms with Gasteiger partial charge in [-0.1, -0.05) is 49.2 Å². The smallest absolute Gasteiger partial charge is 0.381 e. The van der Waals surface area contributed by atoms with Crippen LogP contribution in [0.25, 0.3) is 38.1 Å². The van der Waals surface area contributed by atoms with Gasteiger partial charge in [-0.05, 0) is 53.1 Å². The molecule has 13 heteroatoms. The number of ether oxygens (including phenoxy) is 1. The molecule has 0 unspecified atom stereocenters. The zero-order valence-corrected chi connectivity index (χ0v) is 23.1. The lowest BCUT2D eigenvalue weighted by molar-refractivity contribution is -0.144. The topological polar surface area (TPSA) is 70.7 Å². The number of halogens is 4. The molecular formula is C26H24F4N4O3SSi. The van der Waals surface area contributed by atoms with Gasteiger partial charge >= 0.3 is 11.0 Å². The maximum atomic E-state index is 13.6. The fraction of sp³-hybridized carbons (Fsp3) is 0.269. The summed E-state index contributed by atoms with van der Waals surface area (Å²) in [5.41, 5.74) is 2.44. The van der Waals surface area contributed by atoms with Gasteiger partial charge in [-0.2, -0.15) is 13.2 Å². The van der Waals surface area contributed by atoms with Crippen molar-refractivity contribution in [3.63, 3.8) is 0 Å².